The molecule has 2 N–H and O–H groups in total. The van der Waals surface area contributed by atoms with E-state index in [4.69, 9.17) is 9.84 Å². The highest BCUT2D eigenvalue weighted by atomic mass is 16.5. The molecule has 4 atom stereocenters. The van der Waals surface area contributed by atoms with Crippen molar-refractivity contribution in [1.29, 1.82) is 0 Å². The zero-order chi connectivity index (χ0) is 18.9. The molecule has 0 aromatic carbocycles. The van der Waals surface area contributed by atoms with E-state index in [0.29, 0.717) is 37.6 Å². The van der Waals surface area contributed by atoms with Gasteiger partial charge in [0.25, 0.3) is 0 Å². The molecule has 0 unspecified atom stereocenters. The van der Waals surface area contributed by atoms with Crippen molar-refractivity contribution in [3.05, 3.63) is 12.2 Å². The Kier molecular flexibility index (Phi) is 8.29. The molecule has 26 heavy (non-hydrogen) atoms. The number of fused-ring (bicyclic) bond motifs is 2. The van der Waals surface area contributed by atoms with Gasteiger partial charge in [0.1, 0.15) is 5.78 Å². The van der Waals surface area contributed by atoms with E-state index in [1.54, 1.807) is 0 Å². The van der Waals surface area contributed by atoms with Crippen LogP contribution in [0.2, 0.25) is 0 Å². The fraction of sp³-hybridized carbons (Fsp3) is 0.750. The first-order chi connectivity index (χ1) is 12.5. The van der Waals surface area contributed by atoms with Gasteiger partial charge in [0.2, 0.25) is 5.91 Å². The third-order valence-electron chi connectivity index (χ3n) is 5.49. The van der Waals surface area contributed by atoms with Crippen LogP contribution in [0.15, 0.2) is 12.2 Å². The summed E-state index contributed by atoms with van der Waals surface area (Å²) in [6, 6.07) is 0. The number of amides is 1. The van der Waals surface area contributed by atoms with E-state index in [0.717, 1.165) is 25.7 Å². The number of carboxylic acid groups (broad SMARTS) is 1. The summed E-state index contributed by atoms with van der Waals surface area (Å²) in [6.07, 6.45) is 10.4. The van der Waals surface area contributed by atoms with E-state index in [1.807, 2.05) is 6.92 Å². The Hall–Kier alpha value is -1.69. The number of hydrogen-bond donors (Lipinski definition) is 2. The molecule has 2 aliphatic heterocycles. The van der Waals surface area contributed by atoms with Crippen molar-refractivity contribution in [1.82, 2.24) is 5.32 Å². The summed E-state index contributed by atoms with van der Waals surface area (Å²) in [5, 5.41) is 11.6. The number of allylic oxidation sites excluding steroid dienone is 2. The number of Topliss-reactive ketones (excluding diaryl/α,β-unsaturated/α-hetero) is 1. The Labute approximate surface area is 155 Å². The minimum absolute atomic E-state index is 0.0578. The number of ether oxygens (including phenoxy) is 1. The lowest BCUT2D eigenvalue weighted by Crippen LogP contribution is -2.38. The molecule has 2 fully saturated rings. The Balaban J connectivity index is 1.73. The fourth-order valence-electron chi connectivity index (χ4n) is 3.97. The molecule has 2 bridgehead atoms. The van der Waals surface area contributed by atoms with Crippen LogP contribution < -0.4 is 5.32 Å². The van der Waals surface area contributed by atoms with Crippen molar-refractivity contribution >= 4 is 17.7 Å². The van der Waals surface area contributed by atoms with Gasteiger partial charge in [-0.3, -0.25) is 14.4 Å². The molecule has 0 aromatic rings. The number of carbonyl (C=O) groups is 3. The van der Waals surface area contributed by atoms with E-state index in [-0.39, 0.29) is 36.7 Å². The summed E-state index contributed by atoms with van der Waals surface area (Å²) >= 11 is 0. The number of carboxylic acids is 1. The molecule has 146 valence electrons. The molecular formula is C20H31NO5. The van der Waals surface area contributed by atoms with Crippen LogP contribution >= 0.6 is 0 Å². The smallest absolute Gasteiger partial charge is 0.303 e. The summed E-state index contributed by atoms with van der Waals surface area (Å²) in [5.74, 6) is 0.0356. The van der Waals surface area contributed by atoms with E-state index in [1.165, 1.54) is 0 Å². The van der Waals surface area contributed by atoms with Crippen LogP contribution in [0, 0.1) is 11.8 Å². The molecule has 6 nitrogen and oxygen atoms in total. The molecule has 1 amide bonds. The van der Waals surface area contributed by atoms with Crippen molar-refractivity contribution in [2.45, 2.75) is 76.9 Å². The minimum atomic E-state index is -0.753. The molecule has 0 aliphatic carbocycles. The molecule has 0 saturated carbocycles. The molecule has 0 spiro atoms. The van der Waals surface area contributed by atoms with Gasteiger partial charge in [-0.2, -0.15) is 0 Å². The Morgan fingerprint density at radius 2 is 1.81 bits per heavy atom. The van der Waals surface area contributed by atoms with Crippen molar-refractivity contribution in [3.8, 4) is 0 Å². The molecular weight excluding hydrogens is 334 g/mol. The van der Waals surface area contributed by atoms with Gasteiger partial charge < -0.3 is 15.2 Å². The number of unbranched alkanes of at least 4 members (excludes halogenated alkanes) is 1. The van der Waals surface area contributed by atoms with Crippen molar-refractivity contribution < 1.29 is 24.2 Å². The maximum Gasteiger partial charge on any atom is 0.303 e. The van der Waals surface area contributed by atoms with Crippen LogP contribution in [0.25, 0.3) is 0 Å². The average molecular weight is 365 g/mol. The first-order valence-corrected chi connectivity index (χ1v) is 9.82. The lowest BCUT2D eigenvalue weighted by atomic mass is 9.77. The lowest BCUT2D eigenvalue weighted by Gasteiger charge is -2.27. The summed E-state index contributed by atoms with van der Waals surface area (Å²) in [4.78, 5) is 33.8. The summed E-state index contributed by atoms with van der Waals surface area (Å²) < 4.78 is 6.04. The van der Waals surface area contributed by atoms with Crippen LogP contribution in [0.4, 0.5) is 0 Å². The predicted molar refractivity (Wildman–Crippen MR) is 97.7 cm³/mol. The first kappa shape index (κ1) is 20.6. The zero-order valence-electron chi connectivity index (χ0n) is 15.6. The fourth-order valence-corrected chi connectivity index (χ4v) is 3.97. The third kappa shape index (κ3) is 6.24. The van der Waals surface area contributed by atoms with Crippen LogP contribution in [-0.4, -0.2) is 41.5 Å². The van der Waals surface area contributed by atoms with Crippen LogP contribution in [-0.2, 0) is 19.1 Å². The number of hydrogen-bond acceptors (Lipinski definition) is 4. The van der Waals surface area contributed by atoms with Gasteiger partial charge in [-0.15, -0.1) is 0 Å². The number of nitrogens with one attached hydrogen (secondary N) is 1. The average Bonchev–Trinajstić information content (AvgIpc) is 3.22. The number of rotatable bonds is 12. The SMILES string of the molecule is CCC(=O)CCC(=O)NC[C@H]1[C@@H](C/C=C\CCCC(=O)O)[C@H]2CC[C@@H]1O2. The number of carbonyl (C=O) groups excluding carboxylic acids is 2. The maximum atomic E-state index is 12.0. The highest BCUT2D eigenvalue weighted by Crippen LogP contribution is 2.44. The Morgan fingerprint density at radius 1 is 1.08 bits per heavy atom. The van der Waals surface area contributed by atoms with Crippen molar-refractivity contribution in [2.24, 2.45) is 11.8 Å². The summed E-state index contributed by atoms with van der Waals surface area (Å²) in [6.45, 7) is 2.42. The predicted octanol–water partition coefficient (Wildman–Crippen LogP) is 2.86. The second-order valence-electron chi connectivity index (χ2n) is 7.31. The topological polar surface area (TPSA) is 92.7 Å². The van der Waals surface area contributed by atoms with Gasteiger partial charge in [-0.1, -0.05) is 19.1 Å². The van der Waals surface area contributed by atoms with Gasteiger partial charge in [-0.05, 0) is 38.0 Å². The van der Waals surface area contributed by atoms with Gasteiger partial charge in [0.05, 0.1) is 12.2 Å². The monoisotopic (exact) mass is 365 g/mol. The van der Waals surface area contributed by atoms with Gasteiger partial charge >= 0.3 is 5.97 Å². The molecule has 0 radical (unpaired) electrons. The standard InChI is InChI=1S/C20H31NO5/c1-2-14(22)9-12-19(23)21-13-16-15(17-10-11-18(16)26-17)7-5-3-4-6-8-20(24)25/h3,5,15-18H,2,4,6-13H2,1H3,(H,21,23)(H,24,25)/b5-3-/t15-,16+,17-,18+/m1/s1. The third-order valence-corrected chi connectivity index (χ3v) is 5.49. The Bertz CT molecular complexity index is 530. The van der Waals surface area contributed by atoms with Crippen LogP contribution in [0.1, 0.15) is 64.7 Å². The second kappa shape index (κ2) is 10.5. The van der Waals surface area contributed by atoms with Crippen LogP contribution in [0.3, 0.4) is 0 Å². The highest BCUT2D eigenvalue weighted by molar-refractivity contribution is 5.84. The Morgan fingerprint density at radius 3 is 2.50 bits per heavy atom. The first-order valence-electron chi connectivity index (χ1n) is 9.82. The molecule has 0 aromatic heterocycles. The van der Waals surface area contributed by atoms with E-state index in [2.05, 4.69) is 17.5 Å². The normalized spacial score (nSPS) is 27.1. The largest absolute Gasteiger partial charge is 0.481 e. The van der Waals surface area contributed by atoms with E-state index in [9.17, 15) is 14.4 Å². The molecule has 2 aliphatic rings. The summed E-state index contributed by atoms with van der Waals surface area (Å²) in [5.41, 5.74) is 0. The number of ketones is 1. The second-order valence-corrected chi connectivity index (χ2v) is 7.31. The molecule has 2 rings (SSSR count). The highest BCUT2D eigenvalue weighted by Gasteiger charge is 2.47. The molecule has 2 saturated heterocycles. The van der Waals surface area contributed by atoms with Gasteiger partial charge in [0.15, 0.2) is 0 Å². The van der Waals surface area contributed by atoms with Gasteiger partial charge in [0, 0.05) is 38.1 Å². The summed E-state index contributed by atoms with van der Waals surface area (Å²) in [7, 11) is 0. The zero-order valence-corrected chi connectivity index (χ0v) is 15.6. The molecule has 2 heterocycles. The minimum Gasteiger partial charge on any atom is -0.481 e. The van der Waals surface area contributed by atoms with Crippen molar-refractivity contribution in [2.75, 3.05) is 6.54 Å². The lowest BCUT2D eigenvalue weighted by molar-refractivity contribution is -0.137. The van der Waals surface area contributed by atoms with Gasteiger partial charge in [-0.25, -0.2) is 0 Å². The number of aliphatic carboxylic acids is 1. The quantitative estimate of drug-likeness (QED) is 0.410. The van der Waals surface area contributed by atoms with Crippen molar-refractivity contribution in [3.63, 3.8) is 0 Å². The van der Waals surface area contributed by atoms with E-state index >= 15 is 0 Å². The van der Waals surface area contributed by atoms with E-state index < -0.39 is 5.97 Å². The maximum absolute atomic E-state index is 12.0. The van der Waals surface area contributed by atoms with Crippen LogP contribution in [0.5, 0.6) is 0 Å². The molecule has 6 heteroatoms.